The SMILES string of the molecule is Cc1c(Br)cc(C2=C3C(=O)NC(c4cc(Br)cc(Br)c4)=C3C(=O)N2)cc1Br. The summed E-state index contributed by atoms with van der Waals surface area (Å²) in [4.78, 5) is 25.5. The van der Waals surface area contributed by atoms with Gasteiger partial charge >= 0.3 is 0 Å². The Hall–Kier alpha value is -1.22. The predicted molar refractivity (Wildman–Crippen MR) is 119 cm³/mol. The Morgan fingerprint density at radius 2 is 1.07 bits per heavy atom. The number of fused-ring (bicyclic) bond motifs is 1. The van der Waals surface area contributed by atoms with Crippen molar-refractivity contribution < 1.29 is 9.59 Å². The van der Waals surface area contributed by atoms with E-state index >= 15 is 0 Å². The topological polar surface area (TPSA) is 58.2 Å². The highest BCUT2D eigenvalue weighted by Gasteiger charge is 2.41. The minimum atomic E-state index is -0.294. The van der Waals surface area contributed by atoms with Crippen LogP contribution in [0.1, 0.15) is 16.7 Å². The van der Waals surface area contributed by atoms with E-state index in [1.807, 2.05) is 37.3 Å². The normalized spacial score (nSPS) is 16.0. The van der Waals surface area contributed by atoms with Crippen LogP contribution in [0.3, 0.4) is 0 Å². The summed E-state index contributed by atoms with van der Waals surface area (Å²) in [5, 5.41) is 5.72. The first-order chi connectivity index (χ1) is 12.8. The first-order valence-electron chi connectivity index (χ1n) is 7.80. The second kappa shape index (κ2) is 6.99. The molecule has 2 N–H and O–H groups in total. The summed E-state index contributed by atoms with van der Waals surface area (Å²) in [5.41, 5.74) is 4.30. The molecular formula is C19H10Br4N2O2. The largest absolute Gasteiger partial charge is 0.321 e. The van der Waals surface area contributed by atoms with Gasteiger partial charge in [0.05, 0.1) is 22.5 Å². The lowest BCUT2D eigenvalue weighted by Gasteiger charge is -2.10. The van der Waals surface area contributed by atoms with E-state index in [0.29, 0.717) is 22.5 Å². The smallest absolute Gasteiger partial charge is 0.258 e. The number of nitrogens with one attached hydrogen (secondary N) is 2. The summed E-state index contributed by atoms with van der Waals surface area (Å²) in [6.45, 7) is 1.97. The first-order valence-corrected chi connectivity index (χ1v) is 11.0. The molecule has 2 aliphatic heterocycles. The molecule has 2 aliphatic rings. The summed E-state index contributed by atoms with van der Waals surface area (Å²) < 4.78 is 3.47. The highest BCUT2D eigenvalue weighted by atomic mass is 79.9. The number of hydrogen-bond acceptors (Lipinski definition) is 2. The minimum Gasteiger partial charge on any atom is -0.321 e. The van der Waals surface area contributed by atoms with Crippen LogP contribution in [-0.2, 0) is 9.59 Å². The van der Waals surface area contributed by atoms with Crippen molar-refractivity contribution in [2.75, 3.05) is 0 Å². The van der Waals surface area contributed by atoms with E-state index in [4.69, 9.17) is 0 Å². The summed E-state index contributed by atoms with van der Waals surface area (Å²) in [6, 6.07) is 9.41. The van der Waals surface area contributed by atoms with Gasteiger partial charge in [0.25, 0.3) is 11.8 Å². The van der Waals surface area contributed by atoms with Crippen molar-refractivity contribution in [3.8, 4) is 0 Å². The van der Waals surface area contributed by atoms with Crippen LogP contribution in [0.2, 0.25) is 0 Å². The summed E-state index contributed by atoms with van der Waals surface area (Å²) >= 11 is 13.9. The minimum absolute atomic E-state index is 0.294. The van der Waals surface area contributed by atoms with Crippen LogP contribution in [0.5, 0.6) is 0 Å². The Labute approximate surface area is 189 Å². The molecule has 2 heterocycles. The maximum absolute atomic E-state index is 12.7. The molecule has 0 saturated heterocycles. The Balaban J connectivity index is 1.93. The van der Waals surface area contributed by atoms with Crippen molar-refractivity contribution in [3.63, 3.8) is 0 Å². The van der Waals surface area contributed by atoms with E-state index < -0.39 is 0 Å². The molecule has 0 atom stereocenters. The van der Waals surface area contributed by atoms with Gasteiger partial charge < -0.3 is 10.6 Å². The van der Waals surface area contributed by atoms with Crippen molar-refractivity contribution in [1.82, 2.24) is 10.6 Å². The fraction of sp³-hybridized carbons (Fsp3) is 0.0526. The van der Waals surface area contributed by atoms with E-state index in [1.54, 1.807) is 0 Å². The maximum Gasteiger partial charge on any atom is 0.258 e. The number of hydrogen-bond donors (Lipinski definition) is 2. The molecule has 0 fully saturated rings. The molecule has 136 valence electrons. The van der Waals surface area contributed by atoms with E-state index in [9.17, 15) is 9.59 Å². The third-order valence-electron chi connectivity index (χ3n) is 4.40. The Bertz CT molecular complexity index is 1080. The molecule has 0 unspecified atom stereocenters. The fourth-order valence-electron chi connectivity index (χ4n) is 3.10. The van der Waals surface area contributed by atoms with Gasteiger partial charge in [-0.3, -0.25) is 9.59 Å². The van der Waals surface area contributed by atoms with E-state index in [2.05, 4.69) is 74.4 Å². The van der Waals surface area contributed by atoms with Crippen LogP contribution < -0.4 is 10.6 Å². The number of rotatable bonds is 2. The third-order valence-corrected chi connectivity index (χ3v) is 6.97. The van der Waals surface area contributed by atoms with Crippen molar-refractivity contribution in [2.24, 2.45) is 0 Å². The van der Waals surface area contributed by atoms with Crippen molar-refractivity contribution in [3.05, 3.63) is 76.1 Å². The second-order valence-corrected chi connectivity index (χ2v) is 9.67. The molecule has 8 heteroatoms. The van der Waals surface area contributed by atoms with Crippen molar-refractivity contribution in [2.45, 2.75) is 6.92 Å². The van der Waals surface area contributed by atoms with E-state index in [1.165, 1.54) is 0 Å². The molecular weight excluding hydrogens is 608 g/mol. The number of carbonyl (C=O) groups excluding carboxylic acids is 2. The van der Waals surface area contributed by atoms with E-state index in [0.717, 1.165) is 34.6 Å². The van der Waals surface area contributed by atoms with Crippen LogP contribution in [0.4, 0.5) is 0 Å². The average molecular weight is 618 g/mol. The second-order valence-electron chi connectivity index (χ2n) is 6.13. The Morgan fingerprint density at radius 1 is 0.667 bits per heavy atom. The molecule has 0 aromatic heterocycles. The van der Waals surface area contributed by atoms with Gasteiger partial charge in [0.15, 0.2) is 0 Å². The summed E-state index contributed by atoms with van der Waals surface area (Å²) in [6.07, 6.45) is 0. The average Bonchev–Trinajstić information content (AvgIpc) is 3.10. The molecule has 27 heavy (non-hydrogen) atoms. The highest BCUT2D eigenvalue weighted by molar-refractivity contribution is 9.11. The van der Waals surface area contributed by atoms with Gasteiger partial charge in [0, 0.05) is 29.0 Å². The molecule has 0 bridgehead atoms. The van der Waals surface area contributed by atoms with Crippen LogP contribution in [-0.4, -0.2) is 11.8 Å². The number of benzene rings is 2. The molecule has 0 aliphatic carbocycles. The van der Waals surface area contributed by atoms with Gasteiger partial charge in [-0.1, -0.05) is 63.7 Å². The van der Waals surface area contributed by atoms with Crippen LogP contribution in [0, 0.1) is 6.92 Å². The first kappa shape index (κ1) is 19.1. The van der Waals surface area contributed by atoms with Crippen LogP contribution in [0.15, 0.2) is 59.4 Å². The summed E-state index contributed by atoms with van der Waals surface area (Å²) in [5.74, 6) is -0.588. The molecule has 4 rings (SSSR count). The lowest BCUT2D eigenvalue weighted by molar-refractivity contribution is -0.117. The summed E-state index contributed by atoms with van der Waals surface area (Å²) in [7, 11) is 0. The van der Waals surface area contributed by atoms with Crippen molar-refractivity contribution in [1.29, 1.82) is 0 Å². The molecule has 0 radical (unpaired) electrons. The number of carbonyl (C=O) groups is 2. The van der Waals surface area contributed by atoms with Crippen molar-refractivity contribution >= 4 is 86.9 Å². The zero-order chi connectivity index (χ0) is 19.5. The maximum atomic E-state index is 12.7. The monoisotopic (exact) mass is 614 g/mol. The standard InChI is InChI=1S/C19H10Br4N2O2/c1-7-12(22)4-9(5-13(7)23)17-15-14(18(26)25-17)16(24-19(15)27)8-2-10(20)6-11(21)3-8/h2-6H,1H3,(H,24,27)(H,25,26). The predicted octanol–water partition coefficient (Wildman–Crippen LogP) is 5.43. The zero-order valence-corrected chi connectivity index (χ0v) is 20.1. The third kappa shape index (κ3) is 3.26. The molecule has 0 spiro atoms. The molecule has 2 amide bonds. The Morgan fingerprint density at radius 3 is 1.52 bits per heavy atom. The van der Waals surface area contributed by atoms with Crippen LogP contribution in [0.25, 0.3) is 11.4 Å². The zero-order valence-electron chi connectivity index (χ0n) is 13.7. The molecule has 0 saturated carbocycles. The van der Waals surface area contributed by atoms with Gasteiger partial charge in [-0.2, -0.15) is 0 Å². The van der Waals surface area contributed by atoms with Crippen LogP contribution >= 0.6 is 63.7 Å². The highest BCUT2D eigenvalue weighted by Crippen LogP contribution is 2.40. The molecule has 2 aromatic rings. The van der Waals surface area contributed by atoms with Gasteiger partial charge in [-0.25, -0.2) is 0 Å². The molecule has 2 aromatic carbocycles. The lowest BCUT2D eigenvalue weighted by Crippen LogP contribution is -2.21. The fourth-order valence-corrected chi connectivity index (χ4v) is 5.58. The Kier molecular flexibility index (Phi) is 4.95. The quantitative estimate of drug-likeness (QED) is 0.473. The number of amides is 2. The van der Waals surface area contributed by atoms with Gasteiger partial charge in [0.1, 0.15) is 0 Å². The van der Waals surface area contributed by atoms with E-state index in [-0.39, 0.29) is 11.8 Å². The van der Waals surface area contributed by atoms with Gasteiger partial charge in [0.2, 0.25) is 0 Å². The number of halogens is 4. The molecule has 4 nitrogen and oxygen atoms in total. The van der Waals surface area contributed by atoms with Gasteiger partial charge in [-0.05, 0) is 42.8 Å². The van der Waals surface area contributed by atoms with Gasteiger partial charge in [-0.15, -0.1) is 0 Å². The lowest BCUT2D eigenvalue weighted by atomic mass is 10.0.